The smallest absolute Gasteiger partial charge is 0.191 e. The molecule has 0 saturated heterocycles. The Morgan fingerprint density at radius 2 is 1.96 bits per heavy atom. The molecule has 0 spiro atoms. The normalized spacial score (nSPS) is 15.9. The molecule has 1 aliphatic rings. The van der Waals surface area contributed by atoms with Gasteiger partial charge in [0.1, 0.15) is 5.75 Å². The summed E-state index contributed by atoms with van der Waals surface area (Å²) in [4.78, 5) is 4.76. The predicted molar refractivity (Wildman–Crippen MR) is 123 cm³/mol. The summed E-state index contributed by atoms with van der Waals surface area (Å²) in [6.45, 7) is 8.28. The summed E-state index contributed by atoms with van der Waals surface area (Å²) in [5.41, 5.74) is 1.50. The minimum atomic E-state index is 0. The molecule has 0 radical (unpaired) electrons. The quantitative estimate of drug-likeness (QED) is 0.222. The Morgan fingerprint density at radius 1 is 1.19 bits per heavy atom. The van der Waals surface area contributed by atoms with Gasteiger partial charge in [0.25, 0.3) is 0 Å². The van der Waals surface area contributed by atoms with E-state index in [0.717, 1.165) is 50.0 Å². The lowest BCUT2D eigenvalue weighted by Gasteiger charge is -2.30. The van der Waals surface area contributed by atoms with Crippen molar-refractivity contribution in [2.75, 3.05) is 33.4 Å². The SMILES string of the molecule is CCNC(=NCc1cccc(OC)c1)NCC1(CCOCC)CCCC1.I. The van der Waals surface area contributed by atoms with E-state index in [1.54, 1.807) is 7.11 Å². The highest BCUT2D eigenvalue weighted by molar-refractivity contribution is 14.0. The minimum absolute atomic E-state index is 0. The van der Waals surface area contributed by atoms with E-state index in [0.29, 0.717) is 12.0 Å². The van der Waals surface area contributed by atoms with Gasteiger partial charge in [0, 0.05) is 26.3 Å². The van der Waals surface area contributed by atoms with Crippen LogP contribution in [0.4, 0.5) is 0 Å². The molecule has 2 rings (SSSR count). The van der Waals surface area contributed by atoms with Crippen LogP contribution in [0.3, 0.4) is 0 Å². The van der Waals surface area contributed by atoms with E-state index < -0.39 is 0 Å². The number of rotatable bonds is 10. The van der Waals surface area contributed by atoms with Gasteiger partial charge in [-0.1, -0.05) is 25.0 Å². The van der Waals surface area contributed by atoms with Gasteiger partial charge in [0.15, 0.2) is 5.96 Å². The van der Waals surface area contributed by atoms with Crippen molar-refractivity contribution in [1.29, 1.82) is 0 Å². The van der Waals surface area contributed by atoms with Gasteiger partial charge in [0.2, 0.25) is 0 Å². The number of nitrogens with zero attached hydrogens (tertiary/aromatic N) is 1. The van der Waals surface area contributed by atoms with E-state index in [-0.39, 0.29) is 24.0 Å². The van der Waals surface area contributed by atoms with Gasteiger partial charge in [-0.3, -0.25) is 0 Å². The van der Waals surface area contributed by atoms with Crippen molar-refractivity contribution in [2.24, 2.45) is 10.4 Å². The summed E-state index contributed by atoms with van der Waals surface area (Å²) in [5.74, 6) is 1.76. The molecular weight excluding hydrogens is 453 g/mol. The molecule has 27 heavy (non-hydrogen) atoms. The van der Waals surface area contributed by atoms with E-state index in [1.807, 2.05) is 18.2 Å². The van der Waals surface area contributed by atoms with Crippen molar-refractivity contribution in [3.8, 4) is 5.75 Å². The van der Waals surface area contributed by atoms with Crippen LogP contribution >= 0.6 is 24.0 Å². The third-order valence-corrected chi connectivity index (χ3v) is 5.17. The number of benzene rings is 1. The average Bonchev–Trinajstić information content (AvgIpc) is 3.13. The summed E-state index contributed by atoms with van der Waals surface area (Å²) in [7, 11) is 1.69. The highest BCUT2D eigenvalue weighted by atomic mass is 127. The molecule has 1 aromatic carbocycles. The molecule has 0 amide bonds. The first-order valence-corrected chi connectivity index (χ1v) is 9.94. The summed E-state index contributed by atoms with van der Waals surface area (Å²) >= 11 is 0. The Hall–Kier alpha value is -1.02. The Labute approximate surface area is 181 Å². The molecule has 0 aliphatic heterocycles. The second-order valence-corrected chi connectivity index (χ2v) is 7.05. The number of hydrogen-bond acceptors (Lipinski definition) is 3. The Balaban J connectivity index is 0.00000364. The second-order valence-electron chi connectivity index (χ2n) is 7.05. The van der Waals surface area contributed by atoms with E-state index in [4.69, 9.17) is 14.5 Å². The van der Waals surface area contributed by atoms with Gasteiger partial charge in [-0.15, -0.1) is 24.0 Å². The van der Waals surface area contributed by atoms with Crippen molar-refractivity contribution < 1.29 is 9.47 Å². The van der Waals surface area contributed by atoms with E-state index in [2.05, 4.69) is 30.5 Å². The maximum atomic E-state index is 5.62. The molecule has 154 valence electrons. The highest BCUT2D eigenvalue weighted by Gasteiger charge is 2.33. The van der Waals surface area contributed by atoms with Crippen LogP contribution in [-0.2, 0) is 11.3 Å². The van der Waals surface area contributed by atoms with Crippen LogP contribution in [-0.4, -0.2) is 39.4 Å². The molecule has 0 atom stereocenters. The minimum Gasteiger partial charge on any atom is -0.497 e. The fourth-order valence-electron chi connectivity index (χ4n) is 3.63. The summed E-state index contributed by atoms with van der Waals surface area (Å²) < 4.78 is 10.9. The molecule has 0 heterocycles. The van der Waals surface area contributed by atoms with Gasteiger partial charge >= 0.3 is 0 Å². The molecule has 1 aromatic rings. The number of methoxy groups -OCH3 is 1. The van der Waals surface area contributed by atoms with Crippen LogP contribution in [0.2, 0.25) is 0 Å². The maximum Gasteiger partial charge on any atom is 0.191 e. The third kappa shape index (κ3) is 8.25. The molecule has 1 fully saturated rings. The number of halogens is 1. The van der Waals surface area contributed by atoms with Gasteiger partial charge in [-0.05, 0) is 56.2 Å². The molecule has 0 bridgehead atoms. The fourth-order valence-corrected chi connectivity index (χ4v) is 3.63. The number of nitrogens with one attached hydrogen (secondary N) is 2. The molecule has 5 nitrogen and oxygen atoms in total. The Kier molecular flexibility index (Phi) is 11.7. The molecule has 2 N–H and O–H groups in total. The van der Waals surface area contributed by atoms with E-state index in [1.165, 1.54) is 25.7 Å². The first kappa shape index (κ1) is 24.0. The Morgan fingerprint density at radius 3 is 2.63 bits per heavy atom. The number of hydrogen-bond donors (Lipinski definition) is 2. The number of aliphatic imine (C=N–C) groups is 1. The zero-order valence-electron chi connectivity index (χ0n) is 17.1. The summed E-state index contributed by atoms with van der Waals surface area (Å²) in [5, 5.41) is 6.95. The van der Waals surface area contributed by atoms with E-state index >= 15 is 0 Å². The molecule has 1 saturated carbocycles. The van der Waals surface area contributed by atoms with Crippen molar-refractivity contribution in [3.63, 3.8) is 0 Å². The predicted octanol–water partition coefficient (Wildman–Crippen LogP) is 4.36. The molecule has 6 heteroatoms. The van der Waals surface area contributed by atoms with Crippen LogP contribution in [0.1, 0.15) is 51.5 Å². The number of guanidine groups is 1. The maximum absolute atomic E-state index is 5.62. The molecule has 0 aromatic heterocycles. The number of ether oxygens (including phenoxy) is 2. The second kappa shape index (κ2) is 13.2. The Bertz CT molecular complexity index is 560. The van der Waals surface area contributed by atoms with Crippen LogP contribution in [0.15, 0.2) is 29.3 Å². The van der Waals surface area contributed by atoms with Gasteiger partial charge in [-0.25, -0.2) is 4.99 Å². The largest absolute Gasteiger partial charge is 0.497 e. The standard InChI is InChI=1S/C21H35N3O2.HI/c1-4-22-20(23-16-18-9-8-10-19(15-18)25-3)24-17-21(11-6-7-12-21)13-14-26-5-2;/h8-10,15H,4-7,11-14,16-17H2,1-3H3,(H2,22,23,24);1H. The van der Waals surface area contributed by atoms with Crippen LogP contribution in [0, 0.1) is 5.41 Å². The topological polar surface area (TPSA) is 54.9 Å². The monoisotopic (exact) mass is 489 g/mol. The van der Waals surface area contributed by atoms with Crippen molar-refractivity contribution in [2.45, 2.75) is 52.5 Å². The van der Waals surface area contributed by atoms with Crippen LogP contribution in [0.5, 0.6) is 5.75 Å². The van der Waals surface area contributed by atoms with Crippen LogP contribution in [0.25, 0.3) is 0 Å². The van der Waals surface area contributed by atoms with Crippen molar-refractivity contribution in [1.82, 2.24) is 10.6 Å². The first-order valence-electron chi connectivity index (χ1n) is 9.94. The van der Waals surface area contributed by atoms with Gasteiger partial charge in [0.05, 0.1) is 13.7 Å². The lowest BCUT2D eigenvalue weighted by Crippen LogP contribution is -2.43. The molecule has 1 aliphatic carbocycles. The first-order chi connectivity index (χ1) is 12.7. The molecular formula is C21H36IN3O2. The average molecular weight is 489 g/mol. The lowest BCUT2D eigenvalue weighted by atomic mass is 9.83. The zero-order chi connectivity index (χ0) is 18.7. The molecule has 0 unspecified atom stereocenters. The van der Waals surface area contributed by atoms with E-state index in [9.17, 15) is 0 Å². The van der Waals surface area contributed by atoms with Crippen molar-refractivity contribution >= 4 is 29.9 Å². The zero-order valence-corrected chi connectivity index (χ0v) is 19.4. The van der Waals surface area contributed by atoms with Gasteiger partial charge < -0.3 is 20.1 Å². The third-order valence-electron chi connectivity index (χ3n) is 5.17. The summed E-state index contributed by atoms with van der Waals surface area (Å²) in [6.07, 6.45) is 6.34. The van der Waals surface area contributed by atoms with Crippen molar-refractivity contribution in [3.05, 3.63) is 29.8 Å². The lowest BCUT2D eigenvalue weighted by molar-refractivity contribution is 0.105. The van der Waals surface area contributed by atoms with Crippen LogP contribution < -0.4 is 15.4 Å². The summed E-state index contributed by atoms with van der Waals surface area (Å²) in [6, 6.07) is 8.08. The van der Waals surface area contributed by atoms with Gasteiger partial charge in [-0.2, -0.15) is 0 Å². The fraction of sp³-hybridized carbons (Fsp3) is 0.667. The highest BCUT2D eigenvalue weighted by Crippen LogP contribution is 2.40.